The number of ether oxygens (including phenoxy) is 1. The number of carbonyl (C=O) groups is 2. The summed E-state index contributed by atoms with van der Waals surface area (Å²) in [6, 6.07) is 11.3. The van der Waals surface area contributed by atoms with Crippen molar-refractivity contribution in [3.8, 4) is 0 Å². The van der Waals surface area contributed by atoms with Gasteiger partial charge in [-0.3, -0.25) is 4.79 Å². The molecule has 2 aromatic rings. The Labute approximate surface area is 157 Å². The lowest BCUT2D eigenvalue weighted by molar-refractivity contribution is -0.142. The summed E-state index contributed by atoms with van der Waals surface area (Å²) in [5.41, 5.74) is 2.00. The summed E-state index contributed by atoms with van der Waals surface area (Å²) in [6.45, 7) is 1.49. The molecule has 1 aliphatic carbocycles. The third kappa shape index (κ3) is 3.54. The van der Waals surface area contributed by atoms with E-state index in [-0.39, 0.29) is 11.9 Å². The first-order valence-electron chi connectivity index (χ1n) is 9.38. The maximum Gasteiger partial charge on any atom is 0.349 e. The fourth-order valence-electron chi connectivity index (χ4n) is 3.76. The molecule has 1 amide bonds. The van der Waals surface area contributed by atoms with E-state index >= 15 is 0 Å². The summed E-state index contributed by atoms with van der Waals surface area (Å²) in [6.07, 6.45) is 5.56. The predicted octanol–water partition coefficient (Wildman–Crippen LogP) is 4.15. The van der Waals surface area contributed by atoms with Crippen molar-refractivity contribution in [3.63, 3.8) is 0 Å². The van der Waals surface area contributed by atoms with Gasteiger partial charge in [0.05, 0.1) is 0 Å². The van der Waals surface area contributed by atoms with Crippen molar-refractivity contribution in [2.24, 2.45) is 0 Å². The van der Waals surface area contributed by atoms with E-state index in [1.54, 1.807) is 0 Å². The number of hydrogen-bond donors (Lipinski definition) is 0. The third-order valence-electron chi connectivity index (χ3n) is 5.17. The van der Waals surface area contributed by atoms with E-state index in [2.05, 4.69) is 0 Å². The zero-order valence-electron chi connectivity index (χ0n) is 14.8. The molecule has 0 saturated carbocycles. The number of esters is 1. The van der Waals surface area contributed by atoms with E-state index in [0.717, 1.165) is 57.2 Å². The summed E-state index contributed by atoms with van der Waals surface area (Å²) in [5, 5.41) is 0. The van der Waals surface area contributed by atoms with Gasteiger partial charge in [-0.05, 0) is 50.2 Å². The highest BCUT2D eigenvalue weighted by atomic mass is 32.1. The molecule has 1 atom stereocenters. The Morgan fingerprint density at radius 1 is 1.00 bits per heavy atom. The van der Waals surface area contributed by atoms with E-state index in [9.17, 15) is 9.59 Å². The minimum atomic E-state index is -0.862. The monoisotopic (exact) mass is 369 g/mol. The topological polar surface area (TPSA) is 46.6 Å². The molecule has 0 unspecified atom stereocenters. The molecule has 0 N–H and O–H groups in total. The van der Waals surface area contributed by atoms with Gasteiger partial charge in [-0.15, -0.1) is 11.3 Å². The molecule has 1 aromatic heterocycles. The van der Waals surface area contributed by atoms with Crippen molar-refractivity contribution in [2.45, 2.75) is 44.6 Å². The number of likely N-dealkylation sites (tertiary alicyclic amines) is 1. The Morgan fingerprint density at radius 3 is 2.50 bits per heavy atom. The number of hydrogen-bond acceptors (Lipinski definition) is 4. The van der Waals surface area contributed by atoms with Gasteiger partial charge in [0.2, 0.25) is 6.10 Å². The van der Waals surface area contributed by atoms with E-state index < -0.39 is 6.10 Å². The molecule has 26 heavy (non-hydrogen) atoms. The van der Waals surface area contributed by atoms with Gasteiger partial charge in [-0.2, -0.15) is 0 Å². The summed E-state index contributed by atoms with van der Waals surface area (Å²) in [5.74, 6) is -0.489. The van der Waals surface area contributed by atoms with Crippen molar-refractivity contribution < 1.29 is 14.3 Å². The standard InChI is InChI=1S/C21H23NO3S/c23-20(22-12-5-2-6-13-22)19(15-8-3-1-4-9-15)25-21(24)18-14-16-10-7-11-17(16)26-18/h1,3-4,8-9,14,19H,2,5-7,10-13H2/t19-/m0/s1. The second-order valence-electron chi connectivity index (χ2n) is 6.99. The molecular weight excluding hydrogens is 346 g/mol. The molecule has 0 spiro atoms. The van der Waals surface area contributed by atoms with Crippen molar-refractivity contribution in [3.05, 3.63) is 57.3 Å². The highest BCUT2D eigenvalue weighted by Gasteiger charge is 2.31. The quantitative estimate of drug-likeness (QED) is 0.761. The van der Waals surface area contributed by atoms with Crippen LogP contribution in [0.1, 0.15) is 57.5 Å². The lowest BCUT2D eigenvalue weighted by atomic mass is 10.1. The van der Waals surface area contributed by atoms with Crippen molar-refractivity contribution >= 4 is 23.2 Å². The number of rotatable bonds is 4. The number of piperidine rings is 1. The Morgan fingerprint density at radius 2 is 1.77 bits per heavy atom. The summed E-state index contributed by atoms with van der Waals surface area (Å²) < 4.78 is 5.75. The average molecular weight is 369 g/mol. The summed E-state index contributed by atoms with van der Waals surface area (Å²) >= 11 is 1.52. The van der Waals surface area contributed by atoms with Crippen LogP contribution >= 0.6 is 11.3 Å². The minimum Gasteiger partial charge on any atom is -0.443 e. The smallest absolute Gasteiger partial charge is 0.349 e. The molecule has 2 heterocycles. The molecule has 1 aromatic carbocycles. The SMILES string of the molecule is O=C(O[C@H](C(=O)N1CCCCC1)c1ccccc1)c1cc2c(s1)CCC2. The van der Waals surface area contributed by atoms with Gasteiger partial charge in [-0.25, -0.2) is 4.79 Å². The third-order valence-corrected chi connectivity index (χ3v) is 6.38. The van der Waals surface area contributed by atoms with Gasteiger partial charge in [0.1, 0.15) is 4.88 Å². The van der Waals surface area contributed by atoms with Crippen molar-refractivity contribution in [1.82, 2.24) is 4.90 Å². The van der Waals surface area contributed by atoms with E-state index in [1.165, 1.54) is 21.8 Å². The Bertz CT molecular complexity index is 771. The van der Waals surface area contributed by atoms with Crippen LogP contribution in [0.2, 0.25) is 0 Å². The number of nitrogens with zero attached hydrogens (tertiary/aromatic N) is 1. The summed E-state index contributed by atoms with van der Waals surface area (Å²) in [4.78, 5) is 29.5. The van der Waals surface area contributed by atoms with Gasteiger partial charge in [0.25, 0.3) is 5.91 Å². The van der Waals surface area contributed by atoms with Gasteiger partial charge >= 0.3 is 5.97 Å². The van der Waals surface area contributed by atoms with Crippen molar-refractivity contribution in [1.29, 1.82) is 0 Å². The molecular formula is C21H23NO3S. The maximum atomic E-state index is 13.1. The van der Waals surface area contributed by atoms with Crippen LogP contribution in [0, 0.1) is 0 Å². The molecule has 2 aliphatic rings. The largest absolute Gasteiger partial charge is 0.443 e. The maximum absolute atomic E-state index is 13.1. The van der Waals surface area contributed by atoms with Gasteiger partial charge in [0.15, 0.2) is 0 Å². The number of benzene rings is 1. The normalized spacial score (nSPS) is 17.6. The van der Waals surface area contributed by atoms with Crippen LogP contribution in [0.3, 0.4) is 0 Å². The zero-order valence-corrected chi connectivity index (χ0v) is 15.6. The predicted molar refractivity (Wildman–Crippen MR) is 101 cm³/mol. The fraction of sp³-hybridized carbons (Fsp3) is 0.429. The average Bonchev–Trinajstić information content (AvgIpc) is 3.29. The van der Waals surface area contributed by atoms with Crippen LogP contribution in [0.5, 0.6) is 0 Å². The molecule has 136 valence electrons. The van der Waals surface area contributed by atoms with E-state index in [4.69, 9.17) is 4.74 Å². The van der Waals surface area contributed by atoms with E-state index in [1.807, 2.05) is 41.3 Å². The second-order valence-corrected chi connectivity index (χ2v) is 8.13. The molecule has 1 aliphatic heterocycles. The molecule has 0 radical (unpaired) electrons. The number of aryl methyl sites for hydroxylation is 2. The van der Waals surface area contributed by atoms with Crippen LogP contribution in [0.15, 0.2) is 36.4 Å². The van der Waals surface area contributed by atoms with Gasteiger partial charge in [-0.1, -0.05) is 30.3 Å². The highest BCUT2D eigenvalue weighted by molar-refractivity contribution is 7.14. The van der Waals surface area contributed by atoms with Crippen molar-refractivity contribution in [2.75, 3.05) is 13.1 Å². The fourth-order valence-corrected chi connectivity index (χ4v) is 4.90. The number of thiophene rings is 1. The first-order valence-corrected chi connectivity index (χ1v) is 10.2. The molecule has 1 fully saturated rings. The van der Waals surface area contributed by atoms with Crippen LogP contribution in [0.4, 0.5) is 0 Å². The summed E-state index contributed by atoms with van der Waals surface area (Å²) in [7, 11) is 0. The van der Waals surface area contributed by atoms with Crippen LogP contribution in [-0.4, -0.2) is 29.9 Å². The lowest BCUT2D eigenvalue weighted by Crippen LogP contribution is -2.40. The molecule has 5 heteroatoms. The second kappa shape index (κ2) is 7.62. The van der Waals surface area contributed by atoms with E-state index in [0.29, 0.717) is 4.88 Å². The first-order chi connectivity index (χ1) is 12.7. The zero-order chi connectivity index (χ0) is 17.9. The van der Waals surface area contributed by atoms with Crippen LogP contribution in [0.25, 0.3) is 0 Å². The number of carbonyl (C=O) groups excluding carboxylic acids is 2. The Balaban J connectivity index is 1.56. The minimum absolute atomic E-state index is 0.103. The molecule has 0 bridgehead atoms. The molecule has 4 nitrogen and oxygen atoms in total. The number of amides is 1. The molecule has 4 rings (SSSR count). The molecule has 1 saturated heterocycles. The lowest BCUT2D eigenvalue weighted by Gasteiger charge is -2.30. The van der Waals surface area contributed by atoms with Gasteiger partial charge in [0, 0.05) is 23.5 Å². The Hall–Kier alpha value is -2.14. The first kappa shape index (κ1) is 17.3. The Kier molecular flexibility index (Phi) is 5.07. The number of fused-ring (bicyclic) bond motifs is 1. The van der Waals surface area contributed by atoms with Gasteiger partial charge < -0.3 is 9.64 Å². The van der Waals surface area contributed by atoms with Crippen LogP contribution < -0.4 is 0 Å². The van der Waals surface area contributed by atoms with Crippen LogP contribution in [-0.2, 0) is 22.4 Å². The highest BCUT2D eigenvalue weighted by Crippen LogP contribution is 2.32.